The molecule has 0 aromatic heterocycles. The van der Waals surface area contributed by atoms with Crippen LogP contribution in [0.25, 0.3) is 0 Å². The largest absolute Gasteiger partial charge is 0.288 e. The van der Waals surface area contributed by atoms with Crippen LogP contribution in [-0.4, -0.2) is 11.4 Å². The van der Waals surface area contributed by atoms with Crippen molar-refractivity contribution in [2.45, 2.75) is 19.0 Å². The summed E-state index contributed by atoms with van der Waals surface area (Å²) in [6.07, 6.45) is 1.03. The maximum atomic E-state index is 2.60. The van der Waals surface area contributed by atoms with Crippen LogP contribution >= 0.6 is 0 Å². The molecule has 1 heteroatoms. The Hall–Kier alpha value is -3.16. The van der Waals surface area contributed by atoms with E-state index >= 15 is 0 Å². The first-order valence-corrected chi connectivity index (χ1v) is 10.3. The second kappa shape index (κ2) is 9.86. The molecule has 144 valence electrons. The summed E-state index contributed by atoms with van der Waals surface area (Å²) in [5.74, 6) is 0. The van der Waals surface area contributed by atoms with Crippen molar-refractivity contribution in [3.63, 3.8) is 0 Å². The molecule has 0 radical (unpaired) electrons. The summed E-state index contributed by atoms with van der Waals surface area (Å²) in [4.78, 5) is 2.60. The van der Waals surface area contributed by atoms with Gasteiger partial charge in [0.2, 0.25) is 0 Å². The Labute approximate surface area is 174 Å². The van der Waals surface area contributed by atoms with E-state index in [2.05, 4.69) is 126 Å². The lowest BCUT2D eigenvalue weighted by atomic mass is 9.96. The van der Waals surface area contributed by atoms with Gasteiger partial charge >= 0.3 is 0 Å². The molecular formula is C28H27N. The average Bonchev–Trinajstić information content (AvgIpc) is 2.80. The van der Waals surface area contributed by atoms with E-state index in [1.165, 1.54) is 22.3 Å². The maximum absolute atomic E-state index is 2.60. The van der Waals surface area contributed by atoms with Crippen LogP contribution in [0.2, 0.25) is 0 Å². The van der Waals surface area contributed by atoms with Crippen molar-refractivity contribution in [2.24, 2.45) is 0 Å². The summed E-state index contributed by atoms with van der Waals surface area (Å²) in [5, 5.41) is 0. The molecule has 0 aliphatic rings. The smallest absolute Gasteiger partial charge is 0.0604 e. The van der Waals surface area contributed by atoms with Crippen LogP contribution in [0.5, 0.6) is 0 Å². The molecule has 0 aliphatic heterocycles. The standard InChI is InChI=1S/C28H27N/c1-5-13-24(14-6-1)21-22-29(23-25-15-7-2-8-16-25)28(26-17-9-3-10-18-26)27-19-11-4-12-20-27/h1-20,28H,21-23H2. The molecule has 4 aromatic carbocycles. The Bertz CT molecular complexity index is 926. The number of nitrogens with zero attached hydrogens (tertiary/aromatic N) is 1. The Kier molecular flexibility index (Phi) is 6.52. The minimum Gasteiger partial charge on any atom is -0.288 e. The van der Waals surface area contributed by atoms with Gasteiger partial charge in [0.15, 0.2) is 0 Å². The number of rotatable bonds is 8. The predicted octanol–water partition coefficient (Wildman–Crippen LogP) is 6.52. The van der Waals surface area contributed by atoms with E-state index in [-0.39, 0.29) is 6.04 Å². The molecule has 0 aliphatic carbocycles. The normalized spacial score (nSPS) is 11.1. The number of benzene rings is 4. The van der Waals surface area contributed by atoms with Crippen LogP contribution in [0, 0.1) is 0 Å². The minimum atomic E-state index is 0.223. The van der Waals surface area contributed by atoms with E-state index in [1.54, 1.807) is 0 Å². The lowest BCUT2D eigenvalue weighted by molar-refractivity contribution is 0.219. The van der Waals surface area contributed by atoms with E-state index < -0.39 is 0 Å². The zero-order chi connectivity index (χ0) is 19.7. The van der Waals surface area contributed by atoms with Crippen molar-refractivity contribution in [1.29, 1.82) is 0 Å². The summed E-state index contributed by atoms with van der Waals surface area (Å²) in [6.45, 7) is 1.91. The summed E-state index contributed by atoms with van der Waals surface area (Å²) in [7, 11) is 0. The van der Waals surface area contributed by atoms with Gasteiger partial charge in [0.05, 0.1) is 6.04 Å². The highest BCUT2D eigenvalue weighted by Gasteiger charge is 2.22. The molecule has 0 fully saturated rings. The molecule has 0 N–H and O–H groups in total. The fraction of sp³-hybridized carbons (Fsp3) is 0.143. The van der Waals surface area contributed by atoms with Crippen LogP contribution in [0.3, 0.4) is 0 Å². The molecule has 29 heavy (non-hydrogen) atoms. The van der Waals surface area contributed by atoms with E-state index in [4.69, 9.17) is 0 Å². The average molecular weight is 378 g/mol. The summed E-state index contributed by atoms with van der Waals surface area (Å²) in [5.41, 5.74) is 5.40. The molecule has 0 unspecified atom stereocenters. The van der Waals surface area contributed by atoms with E-state index in [0.717, 1.165) is 19.5 Å². The van der Waals surface area contributed by atoms with Crippen LogP contribution < -0.4 is 0 Å². The molecule has 1 nitrogen and oxygen atoms in total. The van der Waals surface area contributed by atoms with Crippen molar-refractivity contribution in [3.8, 4) is 0 Å². The number of hydrogen-bond donors (Lipinski definition) is 0. The lowest BCUT2D eigenvalue weighted by Crippen LogP contribution is -2.31. The molecule has 0 amide bonds. The second-order valence-corrected chi connectivity index (χ2v) is 7.42. The predicted molar refractivity (Wildman–Crippen MR) is 122 cm³/mol. The Morgan fingerprint density at radius 3 is 1.38 bits per heavy atom. The van der Waals surface area contributed by atoms with Gasteiger partial charge in [-0.1, -0.05) is 121 Å². The topological polar surface area (TPSA) is 3.24 Å². The van der Waals surface area contributed by atoms with E-state index in [9.17, 15) is 0 Å². The van der Waals surface area contributed by atoms with Crippen LogP contribution in [0.15, 0.2) is 121 Å². The van der Waals surface area contributed by atoms with Gasteiger partial charge in [0.25, 0.3) is 0 Å². The van der Waals surface area contributed by atoms with Crippen molar-refractivity contribution in [2.75, 3.05) is 6.54 Å². The summed E-state index contributed by atoms with van der Waals surface area (Å²) in [6, 6.07) is 43.6. The molecule has 4 aromatic rings. The molecule has 0 atom stereocenters. The van der Waals surface area contributed by atoms with E-state index in [1.807, 2.05) is 0 Å². The van der Waals surface area contributed by atoms with Crippen molar-refractivity contribution >= 4 is 0 Å². The molecule has 0 saturated carbocycles. The van der Waals surface area contributed by atoms with Crippen molar-refractivity contribution in [3.05, 3.63) is 144 Å². The highest BCUT2D eigenvalue weighted by Crippen LogP contribution is 2.30. The van der Waals surface area contributed by atoms with Crippen molar-refractivity contribution in [1.82, 2.24) is 4.90 Å². The second-order valence-electron chi connectivity index (χ2n) is 7.42. The maximum Gasteiger partial charge on any atom is 0.0604 e. The molecule has 0 spiro atoms. The first kappa shape index (κ1) is 19.2. The third-order valence-electron chi connectivity index (χ3n) is 5.35. The fourth-order valence-corrected chi connectivity index (χ4v) is 3.92. The third-order valence-corrected chi connectivity index (χ3v) is 5.35. The quantitative estimate of drug-likeness (QED) is 0.338. The van der Waals surface area contributed by atoms with Crippen LogP contribution in [0.4, 0.5) is 0 Å². The van der Waals surface area contributed by atoms with Gasteiger partial charge in [-0.3, -0.25) is 4.90 Å². The molecule has 0 saturated heterocycles. The minimum absolute atomic E-state index is 0.223. The zero-order valence-corrected chi connectivity index (χ0v) is 16.7. The van der Waals surface area contributed by atoms with Gasteiger partial charge < -0.3 is 0 Å². The monoisotopic (exact) mass is 377 g/mol. The Balaban J connectivity index is 1.68. The van der Waals surface area contributed by atoms with Crippen molar-refractivity contribution < 1.29 is 0 Å². The van der Waals surface area contributed by atoms with Gasteiger partial charge in [-0.05, 0) is 28.7 Å². The summed E-state index contributed by atoms with van der Waals surface area (Å²) < 4.78 is 0. The molecular weight excluding hydrogens is 350 g/mol. The SMILES string of the molecule is c1ccc(CCN(Cc2ccccc2)C(c2ccccc2)c2ccccc2)cc1. The van der Waals surface area contributed by atoms with E-state index in [0.29, 0.717) is 0 Å². The van der Waals surface area contributed by atoms with Gasteiger partial charge in [-0.2, -0.15) is 0 Å². The van der Waals surface area contributed by atoms with Crippen LogP contribution in [-0.2, 0) is 13.0 Å². The lowest BCUT2D eigenvalue weighted by Gasteiger charge is -2.33. The molecule has 4 rings (SSSR count). The first-order valence-electron chi connectivity index (χ1n) is 10.3. The number of hydrogen-bond acceptors (Lipinski definition) is 1. The van der Waals surface area contributed by atoms with Gasteiger partial charge in [-0.15, -0.1) is 0 Å². The van der Waals surface area contributed by atoms with Gasteiger partial charge in [0.1, 0.15) is 0 Å². The fourth-order valence-electron chi connectivity index (χ4n) is 3.92. The molecule has 0 bridgehead atoms. The highest BCUT2D eigenvalue weighted by molar-refractivity contribution is 5.32. The molecule has 0 heterocycles. The highest BCUT2D eigenvalue weighted by atomic mass is 15.2. The third kappa shape index (κ3) is 5.22. The first-order chi connectivity index (χ1) is 14.4. The van der Waals surface area contributed by atoms with Gasteiger partial charge in [-0.25, -0.2) is 0 Å². The zero-order valence-electron chi connectivity index (χ0n) is 16.7. The Morgan fingerprint density at radius 2 is 0.897 bits per heavy atom. The van der Waals surface area contributed by atoms with Gasteiger partial charge in [0, 0.05) is 13.1 Å². The summed E-state index contributed by atoms with van der Waals surface area (Å²) >= 11 is 0. The Morgan fingerprint density at radius 1 is 0.483 bits per heavy atom. The van der Waals surface area contributed by atoms with Crippen LogP contribution in [0.1, 0.15) is 28.3 Å².